The minimum Gasteiger partial charge on any atom is -0.372 e. The van der Waals surface area contributed by atoms with Crippen molar-refractivity contribution in [2.45, 2.75) is 26.1 Å². The lowest BCUT2D eigenvalue weighted by Gasteiger charge is -2.35. The molecule has 24 heavy (non-hydrogen) atoms. The van der Waals surface area contributed by atoms with Gasteiger partial charge in [-0.2, -0.15) is 0 Å². The highest BCUT2D eigenvalue weighted by atomic mass is 35.5. The predicted molar refractivity (Wildman–Crippen MR) is 95.7 cm³/mol. The number of hydrogen-bond acceptors (Lipinski definition) is 4. The van der Waals surface area contributed by atoms with Crippen LogP contribution in [0.2, 0.25) is 5.02 Å². The van der Waals surface area contributed by atoms with Gasteiger partial charge in [-0.05, 0) is 38.1 Å². The number of morpholine rings is 1. The molecule has 2 aromatic heterocycles. The van der Waals surface area contributed by atoms with Crippen LogP contribution >= 0.6 is 11.6 Å². The third-order valence-electron chi connectivity index (χ3n) is 4.23. The van der Waals surface area contributed by atoms with E-state index in [-0.39, 0.29) is 12.2 Å². The quantitative estimate of drug-likeness (QED) is 0.712. The van der Waals surface area contributed by atoms with Crippen LogP contribution in [0, 0.1) is 0 Å². The molecule has 3 aromatic rings. The van der Waals surface area contributed by atoms with Crippen molar-refractivity contribution in [2.75, 3.05) is 18.0 Å². The van der Waals surface area contributed by atoms with Crippen molar-refractivity contribution in [3.63, 3.8) is 0 Å². The number of aromatic nitrogens is 3. The molecule has 2 atom stereocenters. The molecule has 1 aliphatic heterocycles. The van der Waals surface area contributed by atoms with Crippen LogP contribution in [0.25, 0.3) is 16.9 Å². The van der Waals surface area contributed by atoms with E-state index < -0.39 is 0 Å². The van der Waals surface area contributed by atoms with Crippen LogP contribution in [0.4, 0.5) is 5.82 Å². The van der Waals surface area contributed by atoms with Gasteiger partial charge in [-0.15, -0.1) is 5.10 Å². The van der Waals surface area contributed by atoms with Crippen molar-refractivity contribution >= 4 is 23.1 Å². The van der Waals surface area contributed by atoms with E-state index in [9.17, 15) is 0 Å². The highest BCUT2D eigenvalue weighted by Gasteiger charge is 2.23. The highest BCUT2D eigenvalue weighted by Crippen LogP contribution is 2.24. The van der Waals surface area contributed by atoms with Gasteiger partial charge in [0.15, 0.2) is 5.65 Å². The van der Waals surface area contributed by atoms with Crippen LogP contribution < -0.4 is 4.90 Å². The molecule has 0 bridgehead atoms. The molecule has 1 aliphatic rings. The maximum atomic E-state index is 5.99. The van der Waals surface area contributed by atoms with Gasteiger partial charge < -0.3 is 9.64 Å². The van der Waals surface area contributed by atoms with Gasteiger partial charge >= 0.3 is 0 Å². The summed E-state index contributed by atoms with van der Waals surface area (Å²) >= 11 is 5.99. The fraction of sp³-hybridized carbons (Fsp3) is 0.333. The lowest BCUT2D eigenvalue weighted by atomic mass is 10.2. The van der Waals surface area contributed by atoms with E-state index in [1.165, 1.54) is 0 Å². The summed E-state index contributed by atoms with van der Waals surface area (Å²) in [7, 11) is 0. The Labute approximate surface area is 145 Å². The molecule has 124 valence electrons. The van der Waals surface area contributed by atoms with E-state index in [1.807, 2.05) is 47.1 Å². The maximum Gasteiger partial charge on any atom is 0.154 e. The van der Waals surface area contributed by atoms with Crippen LogP contribution in [-0.2, 0) is 4.74 Å². The van der Waals surface area contributed by atoms with Gasteiger partial charge in [-0.25, -0.2) is 9.50 Å². The predicted octanol–water partition coefficient (Wildman–Crippen LogP) is 3.66. The zero-order chi connectivity index (χ0) is 16.7. The smallest absolute Gasteiger partial charge is 0.154 e. The second-order valence-electron chi connectivity index (χ2n) is 6.27. The molecule has 3 heterocycles. The molecule has 0 amide bonds. The Bertz CT molecular complexity index is 851. The third kappa shape index (κ3) is 2.85. The Kier molecular flexibility index (Phi) is 3.90. The molecule has 4 rings (SSSR count). The van der Waals surface area contributed by atoms with Crippen molar-refractivity contribution < 1.29 is 4.74 Å². The van der Waals surface area contributed by atoms with E-state index in [4.69, 9.17) is 21.4 Å². The number of hydrogen-bond donors (Lipinski definition) is 0. The van der Waals surface area contributed by atoms with Gasteiger partial charge in [0.1, 0.15) is 5.82 Å². The Hall–Kier alpha value is -2.11. The molecule has 5 nitrogen and oxygen atoms in total. The number of fused-ring (bicyclic) bond motifs is 1. The summed E-state index contributed by atoms with van der Waals surface area (Å²) in [6.07, 6.45) is 2.24. The topological polar surface area (TPSA) is 42.7 Å². The minimum absolute atomic E-state index is 0.199. The second-order valence-corrected chi connectivity index (χ2v) is 6.71. The van der Waals surface area contributed by atoms with Crippen LogP contribution in [0.1, 0.15) is 13.8 Å². The average Bonchev–Trinajstić information content (AvgIpc) is 2.98. The molecule has 1 saturated heterocycles. The fourth-order valence-electron chi connectivity index (χ4n) is 3.21. The van der Waals surface area contributed by atoms with Crippen LogP contribution in [-0.4, -0.2) is 39.9 Å². The molecule has 6 heteroatoms. The van der Waals surface area contributed by atoms with Gasteiger partial charge in [0, 0.05) is 23.7 Å². The van der Waals surface area contributed by atoms with E-state index in [0.29, 0.717) is 0 Å². The SMILES string of the molecule is C[C@@H]1CN(c2ccc3ncc(-c4ccc(Cl)cc4)n3n2)C[C@H](C)O1. The first-order valence-corrected chi connectivity index (χ1v) is 8.49. The Morgan fingerprint density at radius 2 is 1.75 bits per heavy atom. The standard InChI is InChI=1S/C18H19ClN4O/c1-12-10-22(11-13(2)24-12)18-8-7-17-20-9-16(23(17)21-18)14-3-5-15(19)6-4-14/h3-9,12-13H,10-11H2,1-2H3/t12-,13+. The van der Waals surface area contributed by atoms with E-state index in [0.717, 1.165) is 40.8 Å². The van der Waals surface area contributed by atoms with Crippen LogP contribution in [0.15, 0.2) is 42.6 Å². The monoisotopic (exact) mass is 342 g/mol. The summed E-state index contributed by atoms with van der Waals surface area (Å²) in [5, 5.41) is 5.54. The lowest BCUT2D eigenvalue weighted by Crippen LogP contribution is -2.46. The number of nitrogens with zero attached hydrogens (tertiary/aromatic N) is 4. The van der Waals surface area contributed by atoms with Gasteiger partial charge in [0.25, 0.3) is 0 Å². The molecule has 0 radical (unpaired) electrons. The van der Waals surface area contributed by atoms with E-state index in [1.54, 1.807) is 0 Å². The van der Waals surface area contributed by atoms with Crippen LogP contribution in [0.3, 0.4) is 0 Å². The van der Waals surface area contributed by atoms with Crippen LogP contribution in [0.5, 0.6) is 0 Å². The molecule has 1 aromatic carbocycles. The molecule has 0 N–H and O–H groups in total. The summed E-state index contributed by atoms with van der Waals surface area (Å²) in [6.45, 7) is 5.87. The molecule has 1 fully saturated rings. The summed E-state index contributed by atoms with van der Waals surface area (Å²) in [6, 6.07) is 11.8. The largest absolute Gasteiger partial charge is 0.372 e. The van der Waals surface area contributed by atoms with Crippen molar-refractivity contribution in [3.8, 4) is 11.3 Å². The van der Waals surface area contributed by atoms with Crippen molar-refractivity contribution in [2.24, 2.45) is 0 Å². The zero-order valence-electron chi connectivity index (χ0n) is 13.7. The van der Waals surface area contributed by atoms with Crippen molar-refractivity contribution in [1.29, 1.82) is 0 Å². The normalized spacial score (nSPS) is 21.4. The first kappa shape index (κ1) is 15.4. The van der Waals surface area contributed by atoms with Crippen molar-refractivity contribution in [3.05, 3.63) is 47.6 Å². The Balaban J connectivity index is 1.74. The number of ether oxygens (including phenoxy) is 1. The Morgan fingerprint density at radius 3 is 2.46 bits per heavy atom. The average molecular weight is 343 g/mol. The number of halogens is 1. The second kappa shape index (κ2) is 6.07. The first-order chi connectivity index (χ1) is 11.6. The summed E-state index contributed by atoms with van der Waals surface area (Å²) in [5.74, 6) is 0.942. The Morgan fingerprint density at radius 1 is 1.04 bits per heavy atom. The maximum absolute atomic E-state index is 5.99. The number of benzene rings is 1. The van der Waals surface area contributed by atoms with Gasteiger partial charge in [-0.1, -0.05) is 23.7 Å². The van der Waals surface area contributed by atoms with Gasteiger partial charge in [0.05, 0.1) is 24.1 Å². The molecular formula is C18H19ClN4O. The molecule has 0 spiro atoms. The third-order valence-corrected chi connectivity index (χ3v) is 4.48. The van der Waals surface area contributed by atoms with Gasteiger partial charge in [-0.3, -0.25) is 0 Å². The number of imidazole rings is 1. The number of anilines is 1. The van der Waals surface area contributed by atoms with E-state index >= 15 is 0 Å². The number of rotatable bonds is 2. The molecule has 0 aliphatic carbocycles. The molecule has 0 unspecified atom stereocenters. The first-order valence-electron chi connectivity index (χ1n) is 8.11. The van der Waals surface area contributed by atoms with Crippen molar-refractivity contribution in [1.82, 2.24) is 14.6 Å². The minimum atomic E-state index is 0.199. The molecule has 0 saturated carbocycles. The molecular weight excluding hydrogens is 324 g/mol. The van der Waals surface area contributed by atoms with Gasteiger partial charge in [0.2, 0.25) is 0 Å². The fourth-order valence-corrected chi connectivity index (χ4v) is 3.34. The summed E-state index contributed by atoms with van der Waals surface area (Å²) in [4.78, 5) is 6.73. The highest BCUT2D eigenvalue weighted by molar-refractivity contribution is 6.30. The summed E-state index contributed by atoms with van der Waals surface area (Å²) < 4.78 is 7.71. The summed E-state index contributed by atoms with van der Waals surface area (Å²) in [5.41, 5.74) is 2.83. The lowest BCUT2D eigenvalue weighted by molar-refractivity contribution is -0.00551. The van der Waals surface area contributed by atoms with E-state index in [2.05, 4.69) is 23.7 Å². The zero-order valence-corrected chi connectivity index (χ0v) is 14.4.